The number of urea groups is 1. The molecule has 2 aromatic rings. The van der Waals surface area contributed by atoms with Gasteiger partial charge in [0, 0.05) is 44.6 Å². The molecule has 2 fully saturated rings. The molecular weight excluding hydrogens is 410 g/mol. The van der Waals surface area contributed by atoms with Gasteiger partial charge in [0.15, 0.2) is 5.13 Å². The third kappa shape index (κ3) is 5.62. The molecule has 31 heavy (non-hydrogen) atoms. The summed E-state index contributed by atoms with van der Waals surface area (Å²) >= 11 is 1.43. The summed E-state index contributed by atoms with van der Waals surface area (Å²) in [5, 5.41) is 5.42. The highest BCUT2D eigenvalue weighted by molar-refractivity contribution is 7.14. The molecule has 0 unspecified atom stereocenters. The van der Waals surface area contributed by atoms with Gasteiger partial charge in [-0.2, -0.15) is 0 Å². The average molecular weight is 442 g/mol. The summed E-state index contributed by atoms with van der Waals surface area (Å²) in [5.74, 6) is 0.625. The van der Waals surface area contributed by atoms with Crippen molar-refractivity contribution < 1.29 is 9.59 Å². The number of likely N-dealkylation sites (tertiary alicyclic amines) is 1. The lowest BCUT2D eigenvalue weighted by Crippen LogP contribution is -2.46. The largest absolute Gasteiger partial charge is 0.342 e. The number of benzene rings is 1. The van der Waals surface area contributed by atoms with Crippen molar-refractivity contribution >= 4 is 28.4 Å². The number of anilines is 1. The van der Waals surface area contributed by atoms with E-state index >= 15 is 0 Å². The second-order valence-corrected chi connectivity index (χ2v) is 9.18. The summed E-state index contributed by atoms with van der Waals surface area (Å²) < 4.78 is 0. The number of nitrogens with zero attached hydrogens (tertiary/aromatic N) is 4. The molecule has 0 bridgehead atoms. The van der Waals surface area contributed by atoms with E-state index in [0.29, 0.717) is 37.1 Å². The lowest BCUT2D eigenvalue weighted by atomic mass is 10.1. The predicted octanol–water partition coefficient (Wildman–Crippen LogP) is 2.98. The predicted molar refractivity (Wildman–Crippen MR) is 123 cm³/mol. The lowest BCUT2D eigenvalue weighted by molar-refractivity contribution is -0.130. The molecule has 166 valence electrons. The van der Waals surface area contributed by atoms with Crippen LogP contribution < -0.4 is 10.2 Å². The zero-order valence-corrected chi connectivity index (χ0v) is 18.9. The maximum absolute atomic E-state index is 12.9. The van der Waals surface area contributed by atoms with Gasteiger partial charge < -0.3 is 10.2 Å². The van der Waals surface area contributed by atoms with Gasteiger partial charge in [-0.1, -0.05) is 30.3 Å². The van der Waals surface area contributed by atoms with Crippen molar-refractivity contribution in [3.05, 3.63) is 47.0 Å². The van der Waals surface area contributed by atoms with Crippen LogP contribution in [0.2, 0.25) is 0 Å². The van der Waals surface area contributed by atoms with Gasteiger partial charge in [0.25, 0.3) is 0 Å². The van der Waals surface area contributed by atoms with Gasteiger partial charge in [-0.3, -0.25) is 14.6 Å². The first kappa shape index (κ1) is 21.8. The highest BCUT2D eigenvalue weighted by Crippen LogP contribution is 2.24. The number of aromatic nitrogens is 1. The molecule has 1 aromatic carbocycles. The Hall–Kier alpha value is -2.45. The minimum atomic E-state index is -0.102. The maximum atomic E-state index is 12.9. The van der Waals surface area contributed by atoms with Crippen LogP contribution in [0, 0.1) is 5.92 Å². The first-order valence-corrected chi connectivity index (χ1v) is 12.0. The molecule has 1 atom stereocenters. The van der Waals surface area contributed by atoms with Crippen molar-refractivity contribution in [2.45, 2.75) is 32.7 Å². The van der Waals surface area contributed by atoms with Crippen molar-refractivity contribution in [3.63, 3.8) is 0 Å². The van der Waals surface area contributed by atoms with Crippen LogP contribution in [0.1, 0.15) is 31.0 Å². The van der Waals surface area contributed by atoms with Gasteiger partial charge in [0.2, 0.25) is 5.91 Å². The minimum Gasteiger partial charge on any atom is -0.342 e. The van der Waals surface area contributed by atoms with Gasteiger partial charge >= 0.3 is 6.03 Å². The number of carbonyl (C=O) groups excluding carboxylic acids is 2. The molecule has 1 aromatic heterocycles. The van der Waals surface area contributed by atoms with Crippen LogP contribution in [-0.2, 0) is 17.8 Å². The normalized spacial score (nSPS) is 19.5. The monoisotopic (exact) mass is 441 g/mol. The Labute approximate surface area is 188 Å². The van der Waals surface area contributed by atoms with E-state index in [1.165, 1.54) is 16.9 Å². The number of hydrogen-bond acceptors (Lipinski definition) is 5. The Balaban J connectivity index is 1.28. The number of rotatable bonds is 8. The van der Waals surface area contributed by atoms with E-state index in [9.17, 15) is 9.59 Å². The molecule has 2 aliphatic heterocycles. The summed E-state index contributed by atoms with van der Waals surface area (Å²) in [5.41, 5.74) is 2.09. The van der Waals surface area contributed by atoms with Gasteiger partial charge in [-0.25, -0.2) is 9.78 Å². The van der Waals surface area contributed by atoms with Crippen LogP contribution in [0.5, 0.6) is 0 Å². The van der Waals surface area contributed by atoms with Crippen molar-refractivity contribution in [2.24, 2.45) is 5.92 Å². The van der Waals surface area contributed by atoms with E-state index in [2.05, 4.69) is 39.5 Å². The van der Waals surface area contributed by atoms with Crippen LogP contribution in [0.15, 0.2) is 35.7 Å². The van der Waals surface area contributed by atoms with E-state index in [0.717, 1.165) is 44.7 Å². The molecule has 0 aliphatic carbocycles. The number of amides is 3. The second kappa shape index (κ2) is 10.2. The molecule has 0 radical (unpaired) electrons. The van der Waals surface area contributed by atoms with Gasteiger partial charge in [-0.05, 0) is 37.8 Å². The highest BCUT2D eigenvalue weighted by atomic mass is 32.1. The molecular formula is C23H31N5O2S. The van der Waals surface area contributed by atoms with Crippen molar-refractivity contribution in [1.82, 2.24) is 20.1 Å². The van der Waals surface area contributed by atoms with Crippen molar-refractivity contribution in [3.8, 4) is 0 Å². The first-order chi connectivity index (χ1) is 15.1. The fraction of sp³-hybridized carbons (Fsp3) is 0.522. The minimum absolute atomic E-state index is 0.102. The molecule has 2 aliphatic rings. The SMILES string of the molecule is CCN(C[C@H]1CCN(Cc2ccccc2)C1)C(=O)Cc1csc(N2CCCNC2=O)n1. The summed E-state index contributed by atoms with van der Waals surface area (Å²) in [4.78, 5) is 35.6. The number of likely N-dealkylation sites (N-methyl/N-ethyl adjacent to an activating group) is 1. The topological polar surface area (TPSA) is 68.8 Å². The Morgan fingerprint density at radius 1 is 1.29 bits per heavy atom. The fourth-order valence-electron chi connectivity index (χ4n) is 4.35. The number of nitrogens with one attached hydrogen (secondary N) is 1. The molecule has 3 amide bonds. The first-order valence-electron chi connectivity index (χ1n) is 11.2. The summed E-state index contributed by atoms with van der Waals surface area (Å²) in [6.07, 6.45) is 2.33. The lowest BCUT2D eigenvalue weighted by Gasteiger charge is -2.25. The smallest absolute Gasteiger partial charge is 0.323 e. The molecule has 8 heteroatoms. The molecule has 7 nitrogen and oxygen atoms in total. The standard InChI is InChI=1S/C23H31N5O2S/c1-2-27(16-19-9-12-26(15-19)14-18-7-4-3-5-8-18)21(29)13-20-17-31-23(25-20)28-11-6-10-24-22(28)30/h3-5,7-8,17,19H,2,6,9-16H2,1H3,(H,24,30)/t19-/m0/s1. The van der Waals surface area contributed by atoms with E-state index in [1.54, 1.807) is 4.90 Å². The molecule has 0 spiro atoms. The average Bonchev–Trinajstić information content (AvgIpc) is 3.42. The number of thiazole rings is 1. The van der Waals surface area contributed by atoms with Gasteiger partial charge in [0.05, 0.1) is 12.1 Å². The zero-order valence-electron chi connectivity index (χ0n) is 18.1. The van der Waals surface area contributed by atoms with E-state index in [1.807, 2.05) is 23.3 Å². The fourth-order valence-corrected chi connectivity index (χ4v) is 5.20. The van der Waals surface area contributed by atoms with Gasteiger partial charge in [-0.15, -0.1) is 11.3 Å². The maximum Gasteiger partial charge on any atom is 0.323 e. The van der Waals surface area contributed by atoms with E-state index in [4.69, 9.17) is 0 Å². The number of carbonyl (C=O) groups is 2. The Morgan fingerprint density at radius 2 is 2.13 bits per heavy atom. The van der Waals surface area contributed by atoms with Crippen LogP contribution in [0.25, 0.3) is 0 Å². The number of hydrogen-bond donors (Lipinski definition) is 1. The van der Waals surface area contributed by atoms with Crippen LogP contribution in [0.4, 0.5) is 9.93 Å². The summed E-state index contributed by atoms with van der Waals surface area (Å²) in [6.45, 7) is 8.02. The Morgan fingerprint density at radius 3 is 2.90 bits per heavy atom. The molecule has 0 saturated carbocycles. The highest BCUT2D eigenvalue weighted by Gasteiger charge is 2.27. The van der Waals surface area contributed by atoms with Gasteiger partial charge in [0.1, 0.15) is 0 Å². The van der Waals surface area contributed by atoms with Crippen LogP contribution in [0.3, 0.4) is 0 Å². The summed E-state index contributed by atoms with van der Waals surface area (Å²) in [6, 6.07) is 10.5. The third-order valence-corrected chi connectivity index (χ3v) is 6.93. The molecule has 4 rings (SSSR count). The van der Waals surface area contributed by atoms with Crippen molar-refractivity contribution in [2.75, 3.05) is 44.2 Å². The van der Waals surface area contributed by atoms with Crippen LogP contribution in [-0.4, -0.2) is 66.0 Å². The van der Waals surface area contributed by atoms with E-state index in [-0.39, 0.29) is 11.9 Å². The zero-order chi connectivity index (χ0) is 21.6. The third-order valence-electron chi connectivity index (χ3n) is 6.01. The van der Waals surface area contributed by atoms with E-state index < -0.39 is 0 Å². The quantitative estimate of drug-likeness (QED) is 0.684. The molecule has 3 heterocycles. The Bertz CT molecular complexity index is 887. The van der Waals surface area contributed by atoms with Crippen molar-refractivity contribution in [1.29, 1.82) is 0 Å². The van der Waals surface area contributed by atoms with Crippen LogP contribution >= 0.6 is 11.3 Å². The summed E-state index contributed by atoms with van der Waals surface area (Å²) in [7, 11) is 0. The molecule has 1 N–H and O–H groups in total. The second-order valence-electron chi connectivity index (χ2n) is 8.34. The molecule has 2 saturated heterocycles. The Kier molecular flexibility index (Phi) is 7.19.